The number of carbonyl (C=O) groups is 2. The number of piperidine rings is 1. The molecule has 7 heteroatoms. The Bertz CT molecular complexity index is 860. The Kier molecular flexibility index (Phi) is 8.58. The van der Waals surface area contributed by atoms with Gasteiger partial charge in [-0.3, -0.25) is 14.6 Å². The van der Waals surface area contributed by atoms with Gasteiger partial charge in [0.15, 0.2) is 0 Å². The van der Waals surface area contributed by atoms with Gasteiger partial charge in [-0.05, 0) is 44.7 Å². The van der Waals surface area contributed by atoms with Gasteiger partial charge in [-0.25, -0.2) is 4.98 Å². The van der Waals surface area contributed by atoms with Crippen LogP contribution in [0.4, 0.5) is 0 Å². The maximum absolute atomic E-state index is 13.3. The SMILES string of the molecule is CCCCN(CCCC)C(=O)C1CCCN(C(=O)c2sc(-c3cccnc3)nc2C)C1. The van der Waals surface area contributed by atoms with Crippen molar-refractivity contribution >= 4 is 23.2 Å². The van der Waals surface area contributed by atoms with Crippen molar-refractivity contribution in [2.24, 2.45) is 5.92 Å². The monoisotopic (exact) mass is 442 g/mol. The second-order valence-electron chi connectivity index (χ2n) is 8.30. The zero-order valence-corrected chi connectivity index (χ0v) is 19.8. The molecule has 1 unspecified atom stereocenters. The minimum atomic E-state index is -0.0996. The van der Waals surface area contributed by atoms with Crippen LogP contribution in [-0.4, -0.2) is 57.8 Å². The summed E-state index contributed by atoms with van der Waals surface area (Å²) in [6.45, 7) is 9.04. The van der Waals surface area contributed by atoms with E-state index in [2.05, 4.69) is 23.8 Å². The summed E-state index contributed by atoms with van der Waals surface area (Å²) >= 11 is 1.41. The number of hydrogen-bond donors (Lipinski definition) is 0. The van der Waals surface area contributed by atoms with Crippen LogP contribution in [0.3, 0.4) is 0 Å². The van der Waals surface area contributed by atoms with Gasteiger partial charge >= 0.3 is 0 Å². The number of nitrogens with zero attached hydrogens (tertiary/aromatic N) is 4. The molecule has 0 saturated carbocycles. The van der Waals surface area contributed by atoms with Crippen molar-refractivity contribution in [3.8, 4) is 10.6 Å². The number of thiazole rings is 1. The summed E-state index contributed by atoms with van der Waals surface area (Å²) in [6.07, 6.45) is 9.44. The lowest BCUT2D eigenvalue weighted by Crippen LogP contribution is -2.47. The number of pyridine rings is 1. The van der Waals surface area contributed by atoms with Crippen molar-refractivity contribution in [2.45, 2.75) is 59.3 Å². The number of aromatic nitrogens is 2. The molecule has 0 radical (unpaired) electrons. The maximum atomic E-state index is 13.3. The molecule has 1 atom stereocenters. The van der Waals surface area contributed by atoms with Gasteiger partial charge in [-0.1, -0.05) is 26.7 Å². The van der Waals surface area contributed by atoms with Crippen LogP contribution in [0.15, 0.2) is 24.5 Å². The van der Waals surface area contributed by atoms with Crippen LogP contribution >= 0.6 is 11.3 Å². The van der Waals surface area contributed by atoms with Crippen molar-refractivity contribution in [3.05, 3.63) is 35.1 Å². The minimum Gasteiger partial charge on any atom is -0.342 e. The van der Waals surface area contributed by atoms with Crippen LogP contribution in [0.25, 0.3) is 10.6 Å². The highest BCUT2D eigenvalue weighted by Crippen LogP contribution is 2.30. The molecule has 31 heavy (non-hydrogen) atoms. The molecule has 0 aliphatic carbocycles. The molecule has 1 fully saturated rings. The van der Waals surface area contributed by atoms with Crippen LogP contribution < -0.4 is 0 Å². The number of amides is 2. The fourth-order valence-electron chi connectivity index (χ4n) is 4.00. The third-order valence-corrected chi connectivity index (χ3v) is 7.03. The first kappa shape index (κ1) is 23.4. The van der Waals surface area contributed by atoms with E-state index in [-0.39, 0.29) is 17.7 Å². The van der Waals surface area contributed by atoms with E-state index in [0.29, 0.717) is 18.0 Å². The van der Waals surface area contributed by atoms with E-state index in [1.54, 1.807) is 12.4 Å². The second-order valence-corrected chi connectivity index (χ2v) is 9.30. The first-order chi connectivity index (χ1) is 15.0. The van der Waals surface area contributed by atoms with Crippen molar-refractivity contribution in [1.29, 1.82) is 0 Å². The lowest BCUT2D eigenvalue weighted by molar-refractivity contribution is -0.137. The minimum absolute atomic E-state index is 0.00342. The Balaban J connectivity index is 1.70. The molecule has 1 aliphatic rings. The zero-order chi connectivity index (χ0) is 22.2. The molecule has 0 aromatic carbocycles. The number of likely N-dealkylation sites (tertiary alicyclic amines) is 1. The first-order valence-corrected chi connectivity index (χ1v) is 12.3. The third-order valence-electron chi connectivity index (χ3n) is 5.83. The summed E-state index contributed by atoms with van der Waals surface area (Å²) in [4.78, 5) is 39.9. The molecule has 1 aliphatic heterocycles. The average molecular weight is 443 g/mol. The predicted molar refractivity (Wildman–Crippen MR) is 125 cm³/mol. The van der Waals surface area contributed by atoms with E-state index in [0.717, 1.165) is 67.9 Å². The Morgan fingerprint density at radius 1 is 1.23 bits per heavy atom. The van der Waals surface area contributed by atoms with Gasteiger partial charge in [-0.15, -0.1) is 11.3 Å². The van der Waals surface area contributed by atoms with Crippen LogP contribution in [0.5, 0.6) is 0 Å². The summed E-state index contributed by atoms with van der Waals surface area (Å²) in [6, 6.07) is 3.83. The van der Waals surface area contributed by atoms with Crippen LogP contribution in [0.2, 0.25) is 0 Å². The summed E-state index contributed by atoms with van der Waals surface area (Å²) in [7, 11) is 0. The standard InChI is InChI=1S/C24H34N4O2S/c1-4-6-13-27(14-7-5-2)23(29)20-11-9-15-28(17-20)24(30)21-18(3)26-22(31-21)19-10-8-12-25-16-19/h8,10,12,16,20H,4-7,9,11,13-15,17H2,1-3H3. The lowest BCUT2D eigenvalue weighted by atomic mass is 9.96. The zero-order valence-electron chi connectivity index (χ0n) is 19.0. The van der Waals surface area contributed by atoms with E-state index in [4.69, 9.17) is 0 Å². The molecule has 2 amide bonds. The van der Waals surface area contributed by atoms with Crippen molar-refractivity contribution < 1.29 is 9.59 Å². The Hall–Kier alpha value is -2.28. The number of aryl methyl sites for hydroxylation is 1. The fraction of sp³-hybridized carbons (Fsp3) is 0.583. The number of carbonyl (C=O) groups excluding carboxylic acids is 2. The van der Waals surface area contributed by atoms with Gasteiger partial charge in [0, 0.05) is 44.1 Å². The van der Waals surface area contributed by atoms with E-state index < -0.39 is 0 Å². The molecule has 6 nitrogen and oxygen atoms in total. The Labute approximate surface area is 189 Å². The van der Waals surface area contributed by atoms with E-state index >= 15 is 0 Å². The van der Waals surface area contributed by atoms with Gasteiger partial charge in [0.05, 0.1) is 11.6 Å². The summed E-state index contributed by atoms with van der Waals surface area (Å²) in [5, 5.41) is 0.809. The molecule has 168 valence electrons. The van der Waals surface area contributed by atoms with E-state index in [1.807, 2.05) is 28.9 Å². The molecule has 3 heterocycles. The van der Waals surface area contributed by atoms with Gasteiger partial charge in [0.2, 0.25) is 5.91 Å². The van der Waals surface area contributed by atoms with Crippen LogP contribution in [0, 0.1) is 12.8 Å². The van der Waals surface area contributed by atoms with Gasteiger partial charge in [0.1, 0.15) is 9.88 Å². The van der Waals surface area contributed by atoms with Gasteiger partial charge in [-0.2, -0.15) is 0 Å². The second kappa shape index (κ2) is 11.4. The maximum Gasteiger partial charge on any atom is 0.265 e. The molecule has 0 bridgehead atoms. The summed E-state index contributed by atoms with van der Waals surface area (Å²) in [5.74, 6) is 0.116. The highest BCUT2D eigenvalue weighted by atomic mass is 32.1. The number of hydrogen-bond acceptors (Lipinski definition) is 5. The molecular weight excluding hydrogens is 408 g/mol. The van der Waals surface area contributed by atoms with E-state index in [1.165, 1.54) is 11.3 Å². The summed E-state index contributed by atoms with van der Waals surface area (Å²) in [5.41, 5.74) is 1.67. The highest BCUT2D eigenvalue weighted by Gasteiger charge is 2.32. The van der Waals surface area contributed by atoms with Crippen molar-refractivity contribution in [2.75, 3.05) is 26.2 Å². The first-order valence-electron chi connectivity index (χ1n) is 11.5. The predicted octanol–water partition coefficient (Wildman–Crippen LogP) is 4.79. The molecule has 0 spiro atoms. The largest absolute Gasteiger partial charge is 0.342 e. The topological polar surface area (TPSA) is 66.4 Å². The normalized spacial score (nSPS) is 16.4. The number of rotatable bonds is 9. The lowest BCUT2D eigenvalue weighted by Gasteiger charge is -2.35. The molecular formula is C24H34N4O2S. The number of unbranched alkanes of at least 4 members (excludes halogenated alkanes) is 2. The summed E-state index contributed by atoms with van der Waals surface area (Å²) < 4.78 is 0. The van der Waals surface area contributed by atoms with Crippen LogP contribution in [-0.2, 0) is 4.79 Å². The Morgan fingerprint density at radius 2 is 1.97 bits per heavy atom. The highest BCUT2D eigenvalue weighted by molar-refractivity contribution is 7.17. The molecule has 0 N–H and O–H groups in total. The average Bonchev–Trinajstić information content (AvgIpc) is 3.20. The molecule has 1 saturated heterocycles. The third kappa shape index (κ3) is 5.91. The smallest absolute Gasteiger partial charge is 0.265 e. The van der Waals surface area contributed by atoms with E-state index in [9.17, 15) is 9.59 Å². The van der Waals surface area contributed by atoms with Crippen LogP contribution in [0.1, 0.15) is 67.7 Å². The van der Waals surface area contributed by atoms with Gasteiger partial charge < -0.3 is 9.80 Å². The Morgan fingerprint density at radius 3 is 2.61 bits per heavy atom. The molecule has 3 rings (SSSR count). The quantitative estimate of drug-likeness (QED) is 0.560. The fourth-order valence-corrected chi connectivity index (χ4v) is 5.03. The molecule has 2 aromatic rings. The van der Waals surface area contributed by atoms with Gasteiger partial charge in [0.25, 0.3) is 5.91 Å². The van der Waals surface area contributed by atoms with Crippen molar-refractivity contribution in [3.63, 3.8) is 0 Å². The van der Waals surface area contributed by atoms with Crippen molar-refractivity contribution in [1.82, 2.24) is 19.8 Å². The molecule has 2 aromatic heterocycles.